The van der Waals surface area contributed by atoms with Crippen LogP contribution in [0.1, 0.15) is 11.8 Å². The Labute approximate surface area is 239 Å². The van der Waals surface area contributed by atoms with Crippen LogP contribution < -0.4 is 16.3 Å². The van der Waals surface area contributed by atoms with Gasteiger partial charge in [0, 0.05) is 23.2 Å². The van der Waals surface area contributed by atoms with E-state index in [2.05, 4.69) is 15.0 Å². The molecular weight excluding hydrogens is 595 g/mol. The second-order valence-electron chi connectivity index (χ2n) is 9.64. The average Bonchev–Trinajstić information content (AvgIpc) is 3.52. The number of ether oxygens (including phenoxy) is 1. The highest BCUT2D eigenvalue weighted by atomic mass is 31.2. The van der Waals surface area contributed by atoms with Crippen molar-refractivity contribution in [3.8, 4) is 0 Å². The van der Waals surface area contributed by atoms with E-state index in [-0.39, 0.29) is 29.3 Å². The Balaban J connectivity index is 1.20. The molecule has 6 rings (SSSR count). The molecule has 0 aliphatic carbocycles. The summed E-state index contributed by atoms with van der Waals surface area (Å²) in [6.45, 7) is -1.91. The number of aliphatic hydroxyl groups excluding tert-OH is 1. The fraction of sp³-hybridized carbons (Fsp3) is 0.333. The van der Waals surface area contributed by atoms with Gasteiger partial charge in [-0.3, -0.25) is 27.7 Å². The Morgan fingerprint density at radius 2 is 1.93 bits per heavy atom. The molecule has 2 aliphatic rings. The molecule has 0 radical (unpaired) electrons. The third-order valence-corrected chi connectivity index (χ3v) is 8.24. The highest BCUT2D eigenvalue weighted by molar-refractivity contribution is 7.48. The maximum atomic E-state index is 13.4. The Kier molecular flexibility index (Phi) is 7.33. The Morgan fingerprint density at radius 1 is 1.16 bits per heavy atom. The molecule has 226 valence electrons. The van der Waals surface area contributed by atoms with Gasteiger partial charge in [0.2, 0.25) is 0 Å². The van der Waals surface area contributed by atoms with Crippen LogP contribution >= 0.6 is 7.82 Å². The van der Waals surface area contributed by atoms with E-state index in [1.54, 1.807) is 0 Å². The first kappa shape index (κ1) is 28.7. The summed E-state index contributed by atoms with van der Waals surface area (Å²) in [6, 6.07) is 5.34. The van der Waals surface area contributed by atoms with E-state index < -0.39 is 69.6 Å². The Hall–Kier alpha value is -4.45. The normalized spacial score (nSPS) is 25.1. The number of carbonyl (C=O) groups is 2. The first-order valence-electron chi connectivity index (χ1n) is 12.6. The number of aliphatic hydroxyl groups is 1. The molecule has 1 unspecified atom stereocenters. The van der Waals surface area contributed by atoms with Crippen molar-refractivity contribution in [1.82, 2.24) is 19.5 Å². The third-order valence-electron chi connectivity index (χ3n) is 6.83. The lowest BCUT2D eigenvalue weighted by molar-refractivity contribution is -0.136. The van der Waals surface area contributed by atoms with E-state index >= 15 is 0 Å². The standard InChI is InChI=1S/C24H23N6O12P/c25-22-19-23(27-9-26-22)30(10-28-19)24-20(36)21-15(41-24)8-39-43(37,42-21)38-7-11-3-18(35)40-14-4-12(1-2-13(11)14)29(5-16(31)32)6-17(33)34/h1-4,9-10,15,20-21,24,36H,5-8H2,(H,31,32)(H,33,34)(H2,25,26,27)/t15-,20-,21-,24-,43?/m1/s1. The van der Waals surface area contributed by atoms with Gasteiger partial charge in [0.1, 0.15) is 48.8 Å². The summed E-state index contributed by atoms with van der Waals surface area (Å²) in [5.74, 6) is -2.38. The van der Waals surface area contributed by atoms with Gasteiger partial charge in [-0.1, -0.05) is 0 Å². The number of benzene rings is 1. The second-order valence-corrected chi connectivity index (χ2v) is 11.3. The smallest absolute Gasteiger partial charge is 0.475 e. The van der Waals surface area contributed by atoms with Crippen molar-refractivity contribution in [2.75, 3.05) is 30.3 Å². The van der Waals surface area contributed by atoms with Crippen LogP contribution in [0.4, 0.5) is 11.5 Å². The van der Waals surface area contributed by atoms with Gasteiger partial charge < -0.3 is 35.1 Å². The fourth-order valence-electron chi connectivity index (χ4n) is 4.93. The SMILES string of the molecule is Nc1ncnc2c1ncn2[C@@H]1O[C@@H]2COP(=O)(OCc3cc(=O)oc4cc(N(CC(=O)O)CC(=O)O)ccc34)O[C@H]2[C@H]1O. The van der Waals surface area contributed by atoms with E-state index in [4.69, 9.17) is 38.7 Å². The lowest BCUT2D eigenvalue weighted by Crippen LogP contribution is -2.39. The molecule has 18 nitrogen and oxygen atoms in total. The summed E-state index contributed by atoms with van der Waals surface area (Å²) in [5, 5.41) is 29.7. The maximum Gasteiger partial charge on any atom is 0.475 e. The van der Waals surface area contributed by atoms with Gasteiger partial charge in [0.15, 0.2) is 17.7 Å². The number of phosphoric ester groups is 1. The maximum absolute atomic E-state index is 13.4. The van der Waals surface area contributed by atoms with Crippen LogP contribution in [0.25, 0.3) is 22.1 Å². The minimum absolute atomic E-state index is 0.00710. The number of nitrogens with zero attached hydrogens (tertiary/aromatic N) is 5. The molecule has 5 N–H and O–H groups in total. The first-order valence-corrected chi connectivity index (χ1v) is 14.1. The van der Waals surface area contributed by atoms with Gasteiger partial charge in [-0.25, -0.2) is 24.3 Å². The molecule has 2 saturated heterocycles. The lowest BCUT2D eigenvalue weighted by Gasteiger charge is -2.30. The highest BCUT2D eigenvalue weighted by Crippen LogP contribution is 2.57. The molecular formula is C24H23N6O12P. The van der Waals surface area contributed by atoms with E-state index in [0.717, 1.165) is 11.0 Å². The Bertz CT molecular complexity index is 1830. The van der Waals surface area contributed by atoms with E-state index in [1.165, 1.54) is 35.4 Å². The quantitative estimate of drug-likeness (QED) is 0.147. The summed E-state index contributed by atoms with van der Waals surface area (Å²) < 4.78 is 42.5. The summed E-state index contributed by atoms with van der Waals surface area (Å²) in [5.41, 5.74) is 6.07. The molecule has 0 saturated carbocycles. The number of nitrogens with two attached hydrogens (primary N) is 1. The minimum atomic E-state index is -4.28. The zero-order valence-corrected chi connectivity index (χ0v) is 22.8. The molecule has 3 aromatic heterocycles. The van der Waals surface area contributed by atoms with Crippen LogP contribution in [0.5, 0.6) is 0 Å². The molecule has 1 aromatic carbocycles. The Morgan fingerprint density at radius 3 is 2.67 bits per heavy atom. The summed E-state index contributed by atoms with van der Waals surface area (Å²) in [6.07, 6.45) is -1.67. The van der Waals surface area contributed by atoms with Crippen LogP contribution in [0.2, 0.25) is 0 Å². The zero-order chi connectivity index (χ0) is 30.5. The van der Waals surface area contributed by atoms with Crippen LogP contribution in [0.15, 0.2) is 46.1 Å². The van der Waals surface area contributed by atoms with Crippen molar-refractivity contribution in [3.63, 3.8) is 0 Å². The monoisotopic (exact) mass is 618 g/mol. The molecule has 5 heterocycles. The summed E-state index contributed by atoms with van der Waals surface area (Å²) >= 11 is 0. The first-order chi connectivity index (χ1) is 20.5. The average molecular weight is 618 g/mol. The number of rotatable bonds is 9. The van der Waals surface area contributed by atoms with E-state index in [9.17, 15) is 24.1 Å². The molecule has 5 atom stereocenters. The number of phosphoric acid groups is 1. The summed E-state index contributed by atoms with van der Waals surface area (Å²) in [7, 11) is -4.28. The van der Waals surface area contributed by atoms with Crippen LogP contribution in [-0.4, -0.2) is 84.8 Å². The summed E-state index contributed by atoms with van der Waals surface area (Å²) in [4.78, 5) is 48.0. The van der Waals surface area contributed by atoms with Crippen molar-refractivity contribution in [1.29, 1.82) is 0 Å². The number of carboxylic acid groups (broad SMARTS) is 2. The van der Waals surface area contributed by atoms with Crippen LogP contribution in [-0.2, 0) is 39.1 Å². The van der Waals surface area contributed by atoms with Gasteiger partial charge in [-0.2, -0.15) is 0 Å². The number of carboxylic acids is 2. The van der Waals surface area contributed by atoms with Gasteiger partial charge in [-0.05, 0) is 17.7 Å². The second kappa shape index (κ2) is 11.0. The lowest BCUT2D eigenvalue weighted by atomic mass is 10.1. The van der Waals surface area contributed by atoms with Crippen molar-refractivity contribution in [2.45, 2.75) is 31.1 Å². The van der Waals surface area contributed by atoms with Crippen molar-refractivity contribution in [2.24, 2.45) is 0 Å². The van der Waals surface area contributed by atoms with Crippen molar-refractivity contribution >= 4 is 53.4 Å². The van der Waals surface area contributed by atoms with Gasteiger partial charge in [0.05, 0.1) is 19.5 Å². The van der Waals surface area contributed by atoms with E-state index in [0.29, 0.717) is 16.6 Å². The zero-order valence-electron chi connectivity index (χ0n) is 21.9. The molecule has 4 aromatic rings. The van der Waals surface area contributed by atoms with Crippen molar-refractivity contribution < 1.29 is 52.2 Å². The number of nitrogen functional groups attached to an aromatic ring is 1. The molecule has 43 heavy (non-hydrogen) atoms. The fourth-order valence-corrected chi connectivity index (χ4v) is 6.31. The number of anilines is 2. The largest absolute Gasteiger partial charge is 0.480 e. The van der Waals surface area contributed by atoms with Crippen LogP contribution in [0, 0.1) is 0 Å². The number of hydrogen-bond donors (Lipinski definition) is 4. The molecule has 19 heteroatoms. The van der Waals surface area contributed by atoms with Crippen molar-refractivity contribution in [3.05, 3.63) is 52.9 Å². The molecule has 2 fully saturated rings. The van der Waals surface area contributed by atoms with Gasteiger partial charge in [0.25, 0.3) is 0 Å². The predicted molar refractivity (Wildman–Crippen MR) is 143 cm³/mol. The minimum Gasteiger partial charge on any atom is -0.480 e. The predicted octanol–water partition coefficient (Wildman–Crippen LogP) is 0.489. The third kappa shape index (κ3) is 5.54. The van der Waals surface area contributed by atoms with Gasteiger partial charge >= 0.3 is 25.4 Å². The molecule has 0 spiro atoms. The number of fused-ring (bicyclic) bond motifs is 3. The number of imidazole rings is 1. The number of aliphatic carboxylic acids is 2. The highest BCUT2D eigenvalue weighted by Gasteiger charge is 2.53. The number of hydrogen-bond acceptors (Lipinski definition) is 15. The molecule has 2 aliphatic heterocycles. The van der Waals surface area contributed by atoms with E-state index in [1.807, 2.05) is 0 Å². The number of aromatic nitrogens is 4. The van der Waals surface area contributed by atoms with Crippen LogP contribution in [0.3, 0.4) is 0 Å². The van der Waals surface area contributed by atoms with Gasteiger partial charge in [-0.15, -0.1) is 0 Å². The molecule has 0 amide bonds. The molecule has 0 bridgehead atoms. The topological polar surface area (TPSA) is 252 Å².